The van der Waals surface area contributed by atoms with E-state index in [0.29, 0.717) is 24.1 Å². The normalized spacial score (nSPS) is 14.7. The molecule has 0 bridgehead atoms. The predicted molar refractivity (Wildman–Crippen MR) is 85.5 cm³/mol. The largest absolute Gasteiger partial charge is 0.336 e. The van der Waals surface area contributed by atoms with Crippen LogP contribution in [0.4, 0.5) is 4.79 Å². The molecule has 0 aliphatic carbocycles. The van der Waals surface area contributed by atoms with Gasteiger partial charge in [0, 0.05) is 18.0 Å². The maximum Gasteiger partial charge on any atom is 0.324 e. The molecule has 2 N–H and O–H groups in total. The first-order valence-electron chi connectivity index (χ1n) is 6.57. The molecule has 0 radical (unpaired) electrons. The minimum Gasteiger partial charge on any atom is -0.336 e. The molecule has 0 atom stereocenters. The molecule has 2 aromatic heterocycles. The van der Waals surface area contributed by atoms with Crippen LogP contribution in [-0.4, -0.2) is 50.9 Å². The van der Waals surface area contributed by atoms with Crippen molar-refractivity contribution in [2.75, 3.05) is 18.8 Å². The Morgan fingerprint density at radius 2 is 2.41 bits per heavy atom. The highest BCUT2D eigenvalue weighted by Crippen LogP contribution is 2.16. The third-order valence-electron chi connectivity index (χ3n) is 2.91. The highest BCUT2D eigenvalue weighted by molar-refractivity contribution is 7.99. The number of rotatable bonds is 5. The maximum absolute atomic E-state index is 11.9. The van der Waals surface area contributed by atoms with Crippen molar-refractivity contribution < 1.29 is 9.59 Å². The number of aromatic nitrogens is 3. The number of hydrogen-bond acceptors (Lipinski definition) is 6. The molecule has 1 saturated heterocycles. The van der Waals surface area contributed by atoms with Gasteiger partial charge in [0.15, 0.2) is 0 Å². The number of nitrogens with zero attached hydrogens (tertiary/aromatic N) is 3. The predicted octanol–water partition coefficient (Wildman–Crippen LogP) is 1.68. The van der Waals surface area contributed by atoms with Gasteiger partial charge in [-0.25, -0.2) is 9.78 Å². The average Bonchev–Trinajstić information content (AvgIpc) is 3.24. The molecule has 0 unspecified atom stereocenters. The van der Waals surface area contributed by atoms with Crippen LogP contribution in [0.15, 0.2) is 22.7 Å². The van der Waals surface area contributed by atoms with E-state index in [1.54, 1.807) is 11.3 Å². The van der Waals surface area contributed by atoms with Crippen LogP contribution in [0.2, 0.25) is 0 Å². The molecule has 9 heteroatoms. The highest BCUT2D eigenvalue weighted by Gasteiger charge is 2.26. The van der Waals surface area contributed by atoms with E-state index in [0.717, 1.165) is 4.88 Å². The van der Waals surface area contributed by atoms with E-state index in [-0.39, 0.29) is 17.7 Å². The van der Waals surface area contributed by atoms with E-state index < -0.39 is 0 Å². The van der Waals surface area contributed by atoms with Gasteiger partial charge in [0.25, 0.3) is 0 Å². The van der Waals surface area contributed by atoms with Crippen LogP contribution >= 0.6 is 23.1 Å². The van der Waals surface area contributed by atoms with Crippen molar-refractivity contribution >= 4 is 47.2 Å². The third-order valence-corrected chi connectivity index (χ3v) is 4.58. The molecule has 0 saturated carbocycles. The molecule has 1 fully saturated rings. The van der Waals surface area contributed by atoms with Crippen LogP contribution in [0.5, 0.6) is 0 Å². The fourth-order valence-electron chi connectivity index (χ4n) is 1.86. The molecule has 22 heavy (non-hydrogen) atoms. The second-order valence-corrected chi connectivity index (χ2v) is 6.34. The lowest BCUT2D eigenvalue weighted by atomic mass is 10.4. The van der Waals surface area contributed by atoms with Crippen molar-refractivity contribution in [3.05, 3.63) is 28.2 Å². The number of thioether (sulfide) groups is 1. The molecule has 2 aromatic rings. The lowest BCUT2D eigenvalue weighted by Crippen LogP contribution is -2.35. The van der Waals surface area contributed by atoms with E-state index in [2.05, 4.69) is 20.5 Å². The van der Waals surface area contributed by atoms with Crippen molar-refractivity contribution in [1.82, 2.24) is 25.4 Å². The highest BCUT2D eigenvalue weighted by atomic mass is 32.2. The monoisotopic (exact) mass is 335 g/mol. The summed E-state index contributed by atoms with van der Waals surface area (Å²) < 4.78 is 0. The Bertz CT molecular complexity index is 695. The van der Waals surface area contributed by atoms with Crippen molar-refractivity contribution in [1.29, 1.82) is 0 Å². The number of aromatic amines is 1. The first-order valence-corrected chi connectivity index (χ1v) is 8.44. The second-order valence-electron chi connectivity index (χ2n) is 4.42. The lowest BCUT2D eigenvalue weighted by molar-refractivity contribution is -0.124. The summed E-state index contributed by atoms with van der Waals surface area (Å²) in [4.78, 5) is 29.9. The minimum atomic E-state index is -0.333. The van der Waals surface area contributed by atoms with Gasteiger partial charge in [-0.1, -0.05) is 17.8 Å². The van der Waals surface area contributed by atoms with Gasteiger partial charge in [-0.3, -0.25) is 14.8 Å². The Morgan fingerprint density at radius 1 is 1.50 bits per heavy atom. The molecule has 3 heterocycles. The van der Waals surface area contributed by atoms with Crippen LogP contribution < -0.4 is 5.32 Å². The van der Waals surface area contributed by atoms with Crippen LogP contribution in [0.1, 0.15) is 10.7 Å². The Morgan fingerprint density at radius 3 is 3.14 bits per heavy atom. The zero-order chi connectivity index (χ0) is 15.4. The van der Waals surface area contributed by atoms with Gasteiger partial charge in [0.05, 0.1) is 5.75 Å². The Hall–Kier alpha value is -2.13. The Labute approximate surface area is 134 Å². The van der Waals surface area contributed by atoms with Gasteiger partial charge in [-0.2, -0.15) is 0 Å². The molecule has 1 aliphatic heterocycles. The summed E-state index contributed by atoms with van der Waals surface area (Å²) >= 11 is 2.84. The molecule has 7 nitrogen and oxygen atoms in total. The fourth-order valence-corrected chi connectivity index (χ4v) is 3.16. The minimum absolute atomic E-state index is 0.138. The summed E-state index contributed by atoms with van der Waals surface area (Å²) in [6, 6.07) is 3.65. The third kappa shape index (κ3) is 3.55. The number of hydrogen-bond donors (Lipinski definition) is 2. The number of carbonyl (C=O) groups excluding carboxylic acids is 2. The first kappa shape index (κ1) is 14.8. The quantitative estimate of drug-likeness (QED) is 0.811. The second kappa shape index (κ2) is 6.75. The SMILES string of the molecule is O=C(CSc1n[nH]c(C=Cc2cccs2)n1)N1CCNC1=O. The van der Waals surface area contributed by atoms with Crippen LogP contribution in [0.25, 0.3) is 12.2 Å². The molecule has 3 amide bonds. The zero-order valence-electron chi connectivity index (χ0n) is 11.5. The number of H-pyrrole nitrogens is 1. The molecular weight excluding hydrogens is 322 g/mol. The van der Waals surface area contributed by atoms with E-state index in [1.807, 2.05) is 29.7 Å². The van der Waals surface area contributed by atoms with Gasteiger partial charge < -0.3 is 5.32 Å². The van der Waals surface area contributed by atoms with Crippen LogP contribution in [-0.2, 0) is 4.79 Å². The summed E-state index contributed by atoms with van der Waals surface area (Å²) in [5.41, 5.74) is 0. The van der Waals surface area contributed by atoms with Crippen molar-refractivity contribution in [2.45, 2.75) is 5.16 Å². The summed E-state index contributed by atoms with van der Waals surface area (Å²) in [5, 5.41) is 11.9. The molecule has 0 spiro atoms. The Kier molecular flexibility index (Phi) is 4.54. The van der Waals surface area contributed by atoms with E-state index >= 15 is 0 Å². The molecule has 0 aromatic carbocycles. The number of imide groups is 1. The van der Waals surface area contributed by atoms with E-state index in [1.165, 1.54) is 16.7 Å². The Balaban J connectivity index is 1.53. The smallest absolute Gasteiger partial charge is 0.324 e. The van der Waals surface area contributed by atoms with Crippen molar-refractivity contribution in [2.24, 2.45) is 0 Å². The van der Waals surface area contributed by atoms with Crippen LogP contribution in [0.3, 0.4) is 0 Å². The lowest BCUT2D eigenvalue weighted by Gasteiger charge is -2.10. The summed E-state index contributed by atoms with van der Waals surface area (Å²) in [6.45, 7) is 0.925. The van der Waals surface area contributed by atoms with Crippen LogP contribution in [0, 0.1) is 0 Å². The summed E-state index contributed by atoms with van der Waals surface area (Å²) in [6.07, 6.45) is 3.78. The van der Waals surface area contributed by atoms with E-state index in [4.69, 9.17) is 0 Å². The van der Waals surface area contributed by atoms with Gasteiger partial charge >= 0.3 is 6.03 Å². The maximum atomic E-state index is 11.9. The molecular formula is C13H13N5O2S2. The topological polar surface area (TPSA) is 91.0 Å². The molecule has 1 aliphatic rings. The number of thiophene rings is 1. The summed E-state index contributed by atoms with van der Waals surface area (Å²) in [7, 11) is 0. The van der Waals surface area contributed by atoms with Gasteiger partial charge in [0.1, 0.15) is 5.82 Å². The van der Waals surface area contributed by atoms with Gasteiger partial charge in [-0.15, -0.1) is 16.4 Å². The average molecular weight is 335 g/mol. The number of amides is 3. The standard InChI is InChI=1S/C13H13N5O2S2/c19-11(18-6-5-14-13(18)20)8-22-12-15-10(16-17-12)4-3-9-2-1-7-21-9/h1-4,7H,5-6,8H2,(H,14,20)(H,15,16,17). The zero-order valence-corrected chi connectivity index (χ0v) is 13.1. The van der Waals surface area contributed by atoms with Crippen molar-refractivity contribution in [3.8, 4) is 0 Å². The number of carbonyl (C=O) groups is 2. The van der Waals surface area contributed by atoms with Gasteiger partial charge in [0.2, 0.25) is 11.1 Å². The fraction of sp³-hybridized carbons (Fsp3) is 0.231. The van der Waals surface area contributed by atoms with Gasteiger partial charge in [-0.05, 0) is 23.6 Å². The summed E-state index contributed by atoms with van der Waals surface area (Å²) in [5.74, 6) is 0.530. The van der Waals surface area contributed by atoms with E-state index in [9.17, 15) is 9.59 Å². The molecule has 3 rings (SSSR count). The molecule has 114 valence electrons. The van der Waals surface area contributed by atoms with Crippen molar-refractivity contribution in [3.63, 3.8) is 0 Å². The number of urea groups is 1. The first-order chi connectivity index (χ1) is 10.7. The number of nitrogens with one attached hydrogen (secondary N) is 2.